The summed E-state index contributed by atoms with van der Waals surface area (Å²) in [6, 6.07) is -1.54. The second-order valence-electron chi connectivity index (χ2n) is 14.8. The van der Waals surface area contributed by atoms with Crippen molar-refractivity contribution in [1.82, 2.24) is 15.3 Å². The maximum atomic E-state index is 14.4. The van der Waals surface area contributed by atoms with Crippen LogP contribution in [-0.2, 0) is 52.4 Å². The number of hydrogen-bond acceptors (Lipinski definition) is 14. The average molecular weight is 728 g/mol. The van der Waals surface area contributed by atoms with Gasteiger partial charge >= 0.3 is 18.0 Å². The summed E-state index contributed by atoms with van der Waals surface area (Å²) < 4.78 is 34.9. The minimum atomic E-state index is -1.68. The number of carbonyl (C=O) groups is 6. The fraction of sp³-hybridized carbons (Fsp3) is 0.829. The van der Waals surface area contributed by atoms with Crippen LogP contribution in [0.15, 0.2) is 0 Å². The van der Waals surface area contributed by atoms with Gasteiger partial charge in [0.05, 0.1) is 24.9 Å². The maximum Gasteiger partial charge on any atom is 0.429 e. The third-order valence-electron chi connectivity index (χ3n) is 10.8. The van der Waals surface area contributed by atoms with Gasteiger partial charge in [-0.2, -0.15) is 0 Å². The van der Waals surface area contributed by atoms with Gasteiger partial charge < -0.3 is 38.4 Å². The molecule has 290 valence electrons. The lowest BCUT2D eigenvalue weighted by Gasteiger charge is -2.47. The molecule has 2 N–H and O–H groups in total. The molecule has 0 spiro atoms. The van der Waals surface area contributed by atoms with Gasteiger partial charge in [0.15, 0.2) is 17.7 Å². The van der Waals surface area contributed by atoms with E-state index in [4.69, 9.17) is 23.7 Å². The number of ketones is 2. The summed E-state index contributed by atoms with van der Waals surface area (Å²) in [6.07, 6.45) is -5.95. The molecule has 13 atom stereocenters. The second-order valence-corrected chi connectivity index (χ2v) is 14.8. The number of nitrogens with zero attached hydrogens (tertiary/aromatic N) is 2. The molecule has 3 fully saturated rings. The van der Waals surface area contributed by atoms with Crippen LogP contribution in [0.5, 0.6) is 0 Å². The van der Waals surface area contributed by atoms with E-state index in [-0.39, 0.29) is 30.8 Å². The van der Waals surface area contributed by atoms with Crippen LogP contribution in [0.2, 0.25) is 0 Å². The first-order valence-corrected chi connectivity index (χ1v) is 17.5. The molecular weight excluding hydrogens is 670 g/mol. The molecule has 3 rings (SSSR count). The number of rotatable bonds is 8. The number of fused-ring (bicyclic) bond motifs is 1. The Morgan fingerprint density at radius 2 is 1.65 bits per heavy atom. The lowest BCUT2D eigenvalue weighted by Crippen LogP contribution is -2.61. The second kappa shape index (κ2) is 16.7. The Morgan fingerprint density at radius 3 is 2.20 bits per heavy atom. The number of carbonyl (C=O) groups excluding carboxylic acids is 6. The maximum absolute atomic E-state index is 14.4. The fourth-order valence-corrected chi connectivity index (χ4v) is 7.86. The Balaban J connectivity index is 2.14. The normalized spacial score (nSPS) is 39.9. The van der Waals surface area contributed by atoms with Gasteiger partial charge in [0.1, 0.15) is 36.4 Å². The molecule has 0 saturated carbocycles. The Hall–Kier alpha value is -3.18. The molecule has 3 heterocycles. The molecule has 0 aromatic heterocycles. The molecule has 16 heteroatoms. The van der Waals surface area contributed by atoms with Gasteiger partial charge in [0.25, 0.3) is 0 Å². The van der Waals surface area contributed by atoms with Crippen molar-refractivity contribution in [3.05, 3.63) is 0 Å². The van der Waals surface area contributed by atoms with E-state index < -0.39 is 102 Å². The number of ether oxygens (including phenoxy) is 6. The number of aliphatic hydroxyl groups excluding tert-OH is 1. The quantitative estimate of drug-likeness (QED) is 0.209. The zero-order chi connectivity index (χ0) is 38.7. The summed E-state index contributed by atoms with van der Waals surface area (Å²) in [7, 11) is 6.20. The van der Waals surface area contributed by atoms with Crippen LogP contribution in [0.25, 0.3) is 0 Å². The molecular formula is C35H57N3O13. The van der Waals surface area contributed by atoms with Gasteiger partial charge in [0, 0.05) is 30.9 Å². The van der Waals surface area contributed by atoms with Crippen molar-refractivity contribution < 1.29 is 62.3 Å². The highest BCUT2D eigenvalue weighted by molar-refractivity contribution is 6.00. The molecule has 0 unspecified atom stereocenters. The zero-order valence-corrected chi connectivity index (χ0v) is 31.9. The smallest absolute Gasteiger partial charge is 0.429 e. The van der Waals surface area contributed by atoms with E-state index in [1.54, 1.807) is 34.6 Å². The number of cyclic esters (lactones) is 1. The van der Waals surface area contributed by atoms with E-state index in [1.807, 2.05) is 25.9 Å². The Kier molecular flexibility index (Phi) is 13.8. The van der Waals surface area contributed by atoms with Crippen LogP contribution in [0, 0.1) is 23.7 Å². The number of esters is 2. The van der Waals surface area contributed by atoms with E-state index in [2.05, 4.69) is 10.2 Å². The van der Waals surface area contributed by atoms with E-state index in [9.17, 15) is 33.9 Å². The highest BCUT2D eigenvalue weighted by Crippen LogP contribution is 2.42. The third kappa shape index (κ3) is 8.73. The summed E-state index contributed by atoms with van der Waals surface area (Å²) in [5, 5.41) is 12.2. The van der Waals surface area contributed by atoms with Crippen molar-refractivity contribution in [1.29, 1.82) is 0 Å². The van der Waals surface area contributed by atoms with Gasteiger partial charge in [-0.1, -0.05) is 27.7 Å². The van der Waals surface area contributed by atoms with Crippen molar-refractivity contribution in [2.75, 3.05) is 28.3 Å². The molecule has 0 aliphatic carbocycles. The predicted molar refractivity (Wildman–Crippen MR) is 179 cm³/mol. The third-order valence-corrected chi connectivity index (χ3v) is 10.8. The number of hydrogen-bond donors (Lipinski definition) is 2. The van der Waals surface area contributed by atoms with Gasteiger partial charge in [-0.25, -0.2) is 9.80 Å². The molecule has 0 aromatic carbocycles. The number of nitrogens with one attached hydrogen (secondary N) is 1. The molecule has 2 amide bonds. The molecule has 0 bridgehead atoms. The zero-order valence-electron chi connectivity index (χ0n) is 31.9. The number of Topliss-reactive ketones (excluding diaryl/α,β-unsaturated/α-hetero) is 2. The number of likely N-dealkylation sites (N-methyl/N-ethyl adjacent to an activating group) is 1. The SMILES string of the molecule is CC[C@@H]1OC(=O)[C@H](C)C(=O)[C@H](C)[C@@H](O[C@@H]2O[C@H](C)C[C@H](N(C)C)[C@H]2O)[C@](C)(OC)C[C@@H](C)C(=O)[C@@H](C)[C@H]2N(NC(=O)CC(=O)OC)C(=O)O[C@]12C. The summed E-state index contributed by atoms with van der Waals surface area (Å²) in [6.45, 7) is 13.0. The van der Waals surface area contributed by atoms with Crippen molar-refractivity contribution in [2.24, 2.45) is 23.7 Å². The minimum Gasteiger partial charge on any atom is -0.469 e. The van der Waals surface area contributed by atoms with Gasteiger partial charge in [-0.3, -0.25) is 29.4 Å². The Bertz CT molecular complexity index is 1330. The van der Waals surface area contributed by atoms with Gasteiger partial charge in [-0.15, -0.1) is 0 Å². The summed E-state index contributed by atoms with van der Waals surface area (Å²) >= 11 is 0. The monoisotopic (exact) mass is 727 g/mol. The molecule has 3 aliphatic rings. The molecule has 3 aliphatic heterocycles. The largest absolute Gasteiger partial charge is 0.469 e. The Labute approximate surface area is 300 Å². The van der Waals surface area contributed by atoms with Crippen LogP contribution in [0.4, 0.5) is 4.79 Å². The summed E-state index contributed by atoms with van der Waals surface area (Å²) in [4.78, 5) is 82.2. The predicted octanol–water partition coefficient (Wildman–Crippen LogP) is 1.78. The van der Waals surface area contributed by atoms with E-state index in [0.29, 0.717) is 6.42 Å². The van der Waals surface area contributed by atoms with Crippen LogP contribution in [0.1, 0.15) is 81.1 Å². The number of methoxy groups -OCH3 is 2. The van der Waals surface area contributed by atoms with Crippen molar-refractivity contribution >= 4 is 35.5 Å². The highest BCUT2D eigenvalue weighted by atomic mass is 16.7. The van der Waals surface area contributed by atoms with E-state index in [1.165, 1.54) is 21.0 Å². The van der Waals surface area contributed by atoms with E-state index >= 15 is 0 Å². The fourth-order valence-electron chi connectivity index (χ4n) is 7.86. The highest BCUT2D eigenvalue weighted by Gasteiger charge is 2.61. The average Bonchev–Trinajstić information content (AvgIpc) is 3.33. The van der Waals surface area contributed by atoms with Gasteiger partial charge in [0.2, 0.25) is 5.91 Å². The van der Waals surface area contributed by atoms with Crippen molar-refractivity contribution in [2.45, 2.75) is 135 Å². The van der Waals surface area contributed by atoms with Crippen LogP contribution < -0.4 is 5.43 Å². The van der Waals surface area contributed by atoms with Gasteiger partial charge in [-0.05, 0) is 61.1 Å². The standard InChI is InChI=1S/C35H57N3O13/c1-13-23-35(8)29(38(33(45)51-35)36-24(39)15-25(40)46-11)19(4)26(41)17(2)16-34(7,47-12)30(20(5)27(42)21(6)31(44)49-23)50-32-28(43)22(37(9)10)14-18(3)48-32/h17-23,28-30,32,43H,13-16H2,1-12H3,(H,36,39)/t17-,18-,19-,20+,21-,22+,23+,28-,29-,30-,32+,34-,35-/m1/s1. The van der Waals surface area contributed by atoms with Crippen molar-refractivity contribution in [3.8, 4) is 0 Å². The Morgan fingerprint density at radius 1 is 1.02 bits per heavy atom. The lowest BCUT2D eigenvalue weighted by molar-refractivity contribution is -0.295. The molecule has 16 nitrogen and oxygen atoms in total. The number of amides is 2. The molecule has 51 heavy (non-hydrogen) atoms. The summed E-state index contributed by atoms with van der Waals surface area (Å²) in [5.74, 6) is -7.71. The first-order chi connectivity index (χ1) is 23.7. The topological polar surface area (TPSA) is 197 Å². The van der Waals surface area contributed by atoms with Crippen molar-refractivity contribution in [3.63, 3.8) is 0 Å². The van der Waals surface area contributed by atoms with Crippen LogP contribution in [0.3, 0.4) is 0 Å². The minimum absolute atomic E-state index is 0.00735. The lowest BCUT2D eigenvalue weighted by atomic mass is 9.73. The first kappa shape index (κ1) is 42.2. The molecule has 0 aromatic rings. The number of aliphatic hydroxyl groups is 1. The molecule has 3 saturated heterocycles. The van der Waals surface area contributed by atoms with E-state index in [0.717, 1.165) is 12.1 Å². The summed E-state index contributed by atoms with van der Waals surface area (Å²) in [5.41, 5.74) is -0.662. The first-order valence-electron chi connectivity index (χ1n) is 17.5. The van der Waals surface area contributed by atoms with Crippen LogP contribution >= 0.6 is 0 Å². The number of hydrazine groups is 1. The molecule has 0 radical (unpaired) electrons. The van der Waals surface area contributed by atoms with Crippen LogP contribution in [-0.4, -0.2) is 133 Å².